The number of hydrogen-bond acceptors (Lipinski definition) is 9. The van der Waals surface area contributed by atoms with Gasteiger partial charge in [0.25, 0.3) is 11.8 Å². The maximum atomic E-state index is 12.6. The van der Waals surface area contributed by atoms with E-state index in [1.807, 2.05) is 0 Å². The van der Waals surface area contributed by atoms with Crippen LogP contribution in [0.4, 0.5) is 13.9 Å². The monoisotopic (exact) mass is 445 g/mol. The highest BCUT2D eigenvalue weighted by Gasteiger charge is 2.54. The summed E-state index contributed by atoms with van der Waals surface area (Å²) in [5.41, 5.74) is 4.96. The van der Waals surface area contributed by atoms with E-state index in [0.717, 1.165) is 16.2 Å². The van der Waals surface area contributed by atoms with Crippen LogP contribution >= 0.6 is 23.1 Å². The van der Waals surface area contributed by atoms with Crippen LogP contribution in [0, 0.1) is 0 Å². The number of amides is 2. The number of carbonyl (C=O) groups is 3. The van der Waals surface area contributed by atoms with Crippen molar-refractivity contribution in [3.63, 3.8) is 0 Å². The SMILES string of the molecule is C=CC1=C(C(=O)O)N2C(=O)C(NC(=O)/C(=N/OC(F)F)c3csc(N)n3)[C@H]2SC1. The molecule has 1 aromatic rings. The lowest BCUT2D eigenvalue weighted by molar-refractivity contribution is -0.150. The Balaban J connectivity index is 1.81. The Morgan fingerprint density at radius 2 is 2.28 bits per heavy atom. The fourth-order valence-corrected chi connectivity index (χ4v) is 4.59. The number of thioether (sulfide) groups is 1. The van der Waals surface area contributed by atoms with Gasteiger partial charge in [-0.15, -0.1) is 23.1 Å². The van der Waals surface area contributed by atoms with Crippen molar-refractivity contribution in [2.24, 2.45) is 5.16 Å². The fourth-order valence-electron chi connectivity index (χ4n) is 2.70. The van der Waals surface area contributed by atoms with Crippen molar-refractivity contribution in [2.45, 2.75) is 18.0 Å². The van der Waals surface area contributed by atoms with Crippen molar-refractivity contribution in [1.82, 2.24) is 15.2 Å². The highest BCUT2D eigenvalue weighted by Crippen LogP contribution is 2.40. The number of carboxylic acids is 1. The van der Waals surface area contributed by atoms with Crippen molar-refractivity contribution in [2.75, 3.05) is 11.5 Å². The van der Waals surface area contributed by atoms with Crippen LogP contribution in [0.3, 0.4) is 0 Å². The maximum absolute atomic E-state index is 12.6. The number of anilines is 1. The number of alkyl halides is 2. The first-order valence-electron chi connectivity index (χ1n) is 7.82. The zero-order valence-corrected chi connectivity index (χ0v) is 16.0. The zero-order valence-electron chi connectivity index (χ0n) is 14.4. The second-order valence-corrected chi connectivity index (χ2v) is 7.62. The third-order valence-corrected chi connectivity index (χ3v) is 5.91. The average molecular weight is 445 g/mol. The lowest BCUT2D eigenvalue weighted by atomic mass is 10.0. The van der Waals surface area contributed by atoms with Gasteiger partial charge in [0.1, 0.15) is 22.8 Å². The minimum atomic E-state index is -3.27. The topological polar surface area (TPSA) is 147 Å². The first-order valence-corrected chi connectivity index (χ1v) is 9.75. The van der Waals surface area contributed by atoms with Gasteiger partial charge in [-0.3, -0.25) is 14.5 Å². The van der Waals surface area contributed by atoms with Crippen LogP contribution < -0.4 is 11.1 Å². The van der Waals surface area contributed by atoms with Crippen molar-refractivity contribution < 1.29 is 33.1 Å². The summed E-state index contributed by atoms with van der Waals surface area (Å²) in [7, 11) is 0. The van der Waals surface area contributed by atoms with Gasteiger partial charge in [0.05, 0.1) is 0 Å². The second kappa shape index (κ2) is 8.16. The van der Waals surface area contributed by atoms with E-state index in [-0.39, 0.29) is 22.3 Å². The number of carboxylic acid groups (broad SMARTS) is 1. The molecule has 154 valence electrons. The number of fused-ring (bicyclic) bond motifs is 1. The predicted octanol–water partition coefficient (Wildman–Crippen LogP) is 0.593. The lowest BCUT2D eigenvalue weighted by Crippen LogP contribution is -2.71. The third kappa shape index (κ3) is 3.93. The number of halogens is 2. The van der Waals surface area contributed by atoms with E-state index in [9.17, 15) is 28.3 Å². The molecule has 0 radical (unpaired) electrons. The molecule has 2 aliphatic heterocycles. The molecule has 0 spiro atoms. The molecule has 1 aromatic heterocycles. The van der Waals surface area contributed by atoms with Crippen LogP contribution in [-0.4, -0.2) is 62.3 Å². The number of nitrogens with two attached hydrogens (primary N) is 1. The molecule has 1 saturated heterocycles. The van der Waals surface area contributed by atoms with E-state index in [4.69, 9.17) is 5.73 Å². The molecular formula is C15H13F2N5O5S2. The Kier molecular flexibility index (Phi) is 5.83. The second-order valence-electron chi connectivity index (χ2n) is 5.62. The highest BCUT2D eigenvalue weighted by molar-refractivity contribution is 8.00. The number of aliphatic carboxylic acids is 1. The number of nitrogens with zero attached hydrogens (tertiary/aromatic N) is 3. The fraction of sp³-hybridized carbons (Fsp3) is 0.267. The predicted molar refractivity (Wildman–Crippen MR) is 100 cm³/mol. The quantitative estimate of drug-likeness (QED) is 0.314. The molecule has 29 heavy (non-hydrogen) atoms. The molecule has 1 fully saturated rings. The van der Waals surface area contributed by atoms with E-state index < -0.39 is 41.5 Å². The summed E-state index contributed by atoms with van der Waals surface area (Å²) in [5.74, 6) is -2.69. The standard InChI is InChI=1S/C15H13F2N5O5S2/c1-2-5-3-28-12-8(11(24)22(12)9(5)13(25)26)20-10(23)7(21-27-14(16)17)6-4-29-15(18)19-6/h2,4,8,12,14H,1,3H2,(H2,18,19)(H,20,23)(H,25,26)/b21-7+/t8?,12-/m1/s1. The number of nitrogen functional groups attached to an aromatic ring is 1. The highest BCUT2D eigenvalue weighted by atomic mass is 32.2. The first-order chi connectivity index (χ1) is 13.7. The molecule has 14 heteroatoms. The van der Waals surface area contributed by atoms with E-state index in [1.54, 1.807) is 0 Å². The van der Waals surface area contributed by atoms with Crippen molar-refractivity contribution in [3.8, 4) is 0 Å². The maximum Gasteiger partial charge on any atom is 0.407 e. The first kappa shape index (κ1) is 20.7. The van der Waals surface area contributed by atoms with Gasteiger partial charge in [-0.05, 0) is 5.57 Å². The number of β-lactam (4-membered cyclic amide) rings is 1. The molecule has 3 rings (SSSR count). The number of oxime groups is 1. The Labute approximate surface area is 170 Å². The van der Waals surface area contributed by atoms with Gasteiger partial charge in [-0.2, -0.15) is 8.78 Å². The normalized spacial score (nSPS) is 21.6. The zero-order chi connectivity index (χ0) is 21.3. The molecule has 2 amide bonds. The molecule has 0 aromatic carbocycles. The average Bonchev–Trinajstić information content (AvgIpc) is 3.10. The third-order valence-electron chi connectivity index (χ3n) is 3.94. The Morgan fingerprint density at radius 1 is 1.55 bits per heavy atom. The summed E-state index contributed by atoms with van der Waals surface area (Å²) in [6.45, 7) is 0.263. The number of aromatic nitrogens is 1. The molecule has 2 atom stereocenters. The summed E-state index contributed by atoms with van der Waals surface area (Å²) in [6, 6.07) is -1.08. The van der Waals surface area contributed by atoms with Gasteiger partial charge in [0.15, 0.2) is 10.8 Å². The van der Waals surface area contributed by atoms with Crippen LogP contribution in [-0.2, 0) is 19.2 Å². The van der Waals surface area contributed by atoms with Crippen LogP contribution in [0.5, 0.6) is 0 Å². The van der Waals surface area contributed by atoms with Crippen LogP contribution in [0.2, 0.25) is 0 Å². The molecule has 0 aliphatic carbocycles. The number of rotatable bonds is 7. The van der Waals surface area contributed by atoms with Crippen molar-refractivity contribution in [3.05, 3.63) is 35.0 Å². The Morgan fingerprint density at radius 3 is 2.83 bits per heavy atom. The number of thiazole rings is 1. The molecule has 2 aliphatic rings. The number of hydrogen-bond donors (Lipinski definition) is 3. The number of carbonyl (C=O) groups excluding carboxylic acids is 2. The van der Waals surface area contributed by atoms with Crippen LogP contribution in [0.25, 0.3) is 0 Å². The molecular weight excluding hydrogens is 432 g/mol. The van der Waals surface area contributed by atoms with Crippen LogP contribution in [0.1, 0.15) is 5.69 Å². The molecule has 0 saturated carbocycles. The minimum absolute atomic E-state index is 0.0690. The molecule has 4 N–H and O–H groups in total. The van der Waals surface area contributed by atoms with Crippen molar-refractivity contribution in [1.29, 1.82) is 0 Å². The molecule has 10 nitrogen and oxygen atoms in total. The van der Waals surface area contributed by atoms with E-state index in [1.165, 1.54) is 23.2 Å². The van der Waals surface area contributed by atoms with Gasteiger partial charge >= 0.3 is 12.6 Å². The summed E-state index contributed by atoms with van der Waals surface area (Å²) in [4.78, 5) is 45.2. The number of allylic oxidation sites excluding steroid dienone is 1. The van der Waals surface area contributed by atoms with Gasteiger partial charge in [-0.25, -0.2) is 9.78 Å². The summed E-state index contributed by atoms with van der Waals surface area (Å²) in [5, 5.41) is 15.6. The van der Waals surface area contributed by atoms with E-state index >= 15 is 0 Å². The van der Waals surface area contributed by atoms with Gasteiger partial charge in [0, 0.05) is 11.1 Å². The number of nitrogens with one attached hydrogen (secondary N) is 1. The van der Waals surface area contributed by atoms with Gasteiger partial charge < -0.3 is 21.0 Å². The summed E-state index contributed by atoms with van der Waals surface area (Å²) in [6.07, 6.45) is 1.35. The van der Waals surface area contributed by atoms with Crippen molar-refractivity contribution >= 4 is 51.7 Å². The summed E-state index contributed by atoms with van der Waals surface area (Å²) < 4.78 is 24.7. The largest absolute Gasteiger partial charge is 0.477 e. The van der Waals surface area contributed by atoms with Gasteiger partial charge in [-0.1, -0.05) is 17.8 Å². The minimum Gasteiger partial charge on any atom is -0.477 e. The van der Waals surface area contributed by atoms with Crippen LogP contribution in [0.15, 0.2) is 34.5 Å². The Bertz CT molecular complexity index is 947. The van der Waals surface area contributed by atoms with E-state index in [2.05, 4.69) is 26.9 Å². The van der Waals surface area contributed by atoms with Gasteiger partial charge in [0.2, 0.25) is 0 Å². The lowest BCUT2D eigenvalue weighted by Gasteiger charge is -2.49. The smallest absolute Gasteiger partial charge is 0.407 e. The molecule has 3 heterocycles. The molecule has 1 unspecified atom stereocenters. The molecule has 0 bridgehead atoms. The summed E-state index contributed by atoms with van der Waals surface area (Å²) >= 11 is 2.17. The van der Waals surface area contributed by atoms with E-state index in [0.29, 0.717) is 5.57 Å². The Hall–Kier alpha value is -3.00.